The Balaban J connectivity index is 2.26. The summed E-state index contributed by atoms with van der Waals surface area (Å²) in [6.07, 6.45) is 3.34. The molecule has 0 spiro atoms. The first-order valence-electron chi connectivity index (χ1n) is 7.20. The van der Waals surface area contributed by atoms with Crippen molar-refractivity contribution in [1.29, 1.82) is 5.26 Å². The predicted molar refractivity (Wildman–Crippen MR) is 82.3 cm³/mol. The molecule has 0 saturated carbocycles. The summed E-state index contributed by atoms with van der Waals surface area (Å²) in [5.74, 6) is -0.670. The number of amides is 1. The van der Waals surface area contributed by atoms with E-state index in [0.717, 1.165) is 5.56 Å². The van der Waals surface area contributed by atoms with Crippen LogP contribution in [0.15, 0.2) is 48.8 Å². The summed E-state index contributed by atoms with van der Waals surface area (Å²) in [4.78, 5) is 18.1. The Kier molecular flexibility index (Phi) is 6.20. The highest BCUT2D eigenvalue weighted by atomic mass is 19.3. The minimum Gasteiger partial charge on any atom is -0.434 e. The number of alkyl halides is 2. The number of ether oxygens (including phenoxy) is 1. The number of para-hydroxylation sites is 1. The van der Waals surface area contributed by atoms with E-state index >= 15 is 0 Å². The standard InChI is InChI=1S/C17H15F2N3O2/c18-17(19)24-15-7-2-1-6-14(15)16(23)22(10-4-8-20)12-13-5-3-9-21-11-13/h1-3,5-7,9,11,17H,4,10,12H2. The van der Waals surface area contributed by atoms with Crippen molar-refractivity contribution < 1.29 is 18.3 Å². The van der Waals surface area contributed by atoms with Crippen molar-refractivity contribution in [1.82, 2.24) is 9.88 Å². The van der Waals surface area contributed by atoms with Gasteiger partial charge in [0.25, 0.3) is 5.91 Å². The zero-order chi connectivity index (χ0) is 17.4. The van der Waals surface area contributed by atoms with E-state index in [1.165, 1.54) is 23.1 Å². The van der Waals surface area contributed by atoms with Gasteiger partial charge in [-0.3, -0.25) is 9.78 Å². The van der Waals surface area contributed by atoms with E-state index in [-0.39, 0.29) is 30.8 Å². The summed E-state index contributed by atoms with van der Waals surface area (Å²) in [6, 6.07) is 11.3. The molecule has 1 aromatic carbocycles. The lowest BCUT2D eigenvalue weighted by atomic mass is 10.1. The number of nitriles is 1. The average molecular weight is 331 g/mol. The summed E-state index contributed by atoms with van der Waals surface area (Å²) >= 11 is 0. The zero-order valence-electron chi connectivity index (χ0n) is 12.7. The second-order valence-corrected chi connectivity index (χ2v) is 4.87. The Hall–Kier alpha value is -3.01. The fourth-order valence-electron chi connectivity index (χ4n) is 2.16. The van der Waals surface area contributed by atoms with Crippen LogP contribution in [0.1, 0.15) is 22.3 Å². The number of hydrogen-bond donors (Lipinski definition) is 0. The van der Waals surface area contributed by atoms with Gasteiger partial charge >= 0.3 is 6.61 Å². The average Bonchev–Trinajstić information content (AvgIpc) is 2.59. The monoisotopic (exact) mass is 331 g/mol. The first-order chi connectivity index (χ1) is 11.6. The van der Waals surface area contributed by atoms with E-state index < -0.39 is 12.5 Å². The van der Waals surface area contributed by atoms with Gasteiger partial charge in [0.05, 0.1) is 18.1 Å². The fraction of sp³-hybridized carbons (Fsp3) is 0.235. The number of aromatic nitrogens is 1. The van der Waals surface area contributed by atoms with Gasteiger partial charge in [-0.05, 0) is 23.8 Å². The number of benzene rings is 1. The normalized spacial score (nSPS) is 10.2. The molecule has 0 bridgehead atoms. The minimum atomic E-state index is -3.02. The molecule has 0 aliphatic rings. The second-order valence-electron chi connectivity index (χ2n) is 4.87. The predicted octanol–water partition coefficient (Wildman–Crippen LogP) is 3.24. The van der Waals surface area contributed by atoms with Crippen LogP contribution in [0.25, 0.3) is 0 Å². The van der Waals surface area contributed by atoms with Crippen molar-refractivity contribution in [2.24, 2.45) is 0 Å². The summed E-state index contributed by atoms with van der Waals surface area (Å²) in [6.45, 7) is -2.63. The molecule has 0 unspecified atom stereocenters. The maximum absolute atomic E-state index is 12.7. The Morgan fingerprint density at radius 1 is 1.29 bits per heavy atom. The molecule has 0 fully saturated rings. The van der Waals surface area contributed by atoms with Gasteiger partial charge in [-0.15, -0.1) is 0 Å². The highest BCUT2D eigenvalue weighted by Gasteiger charge is 2.21. The zero-order valence-corrected chi connectivity index (χ0v) is 12.7. The molecule has 0 atom stereocenters. The lowest BCUT2D eigenvalue weighted by Crippen LogP contribution is -2.32. The van der Waals surface area contributed by atoms with E-state index in [9.17, 15) is 13.6 Å². The summed E-state index contributed by atoms with van der Waals surface area (Å²) < 4.78 is 29.4. The number of pyridine rings is 1. The van der Waals surface area contributed by atoms with Crippen molar-refractivity contribution in [3.8, 4) is 11.8 Å². The summed E-state index contributed by atoms with van der Waals surface area (Å²) in [7, 11) is 0. The summed E-state index contributed by atoms with van der Waals surface area (Å²) in [5.41, 5.74) is 0.802. The van der Waals surface area contributed by atoms with Crippen molar-refractivity contribution in [2.75, 3.05) is 6.54 Å². The van der Waals surface area contributed by atoms with Crippen LogP contribution in [0.2, 0.25) is 0 Å². The SMILES string of the molecule is N#CCCN(Cc1cccnc1)C(=O)c1ccccc1OC(F)F. The maximum atomic E-state index is 12.7. The fourth-order valence-corrected chi connectivity index (χ4v) is 2.16. The molecule has 0 radical (unpaired) electrons. The van der Waals surface area contributed by atoms with E-state index in [2.05, 4.69) is 9.72 Å². The second kappa shape index (κ2) is 8.58. The van der Waals surface area contributed by atoms with Gasteiger partial charge in [-0.25, -0.2) is 0 Å². The summed E-state index contributed by atoms with van der Waals surface area (Å²) in [5, 5.41) is 8.78. The molecule has 124 valence electrons. The number of halogens is 2. The third kappa shape index (κ3) is 4.74. The molecule has 1 amide bonds. The highest BCUT2D eigenvalue weighted by molar-refractivity contribution is 5.96. The van der Waals surface area contributed by atoms with Gasteiger partial charge in [-0.2, -0.15) is 14.0 Å². The van der Waals surface area contributed by atoms with E-state index in [1.54, 1.807) is 30.6 Å². The van der Waals surface area contributed by atoms with Gasteiger partial charge in [0.2, 0.25) is 0 Å². The molecule has 7 heteroatoms. The number of hydrogen-bond acceptors (Lipinski definition) is 4. The topological polar surface area (TPSA) is 66.2 Å². The lowest BCUT2D eigenvalue weighted by Gasteiger charge is -2.23. The maximum Gasteiger partial charge on any atom is 0.387 e. The van der Waals surface area contributed by atoms with Crippen LogP contribution in [0.4, 0.5) is 8.78 Å². The molecule has 0 aliphatic carbocycles. The first kappa shape index (κ1) is 17.3. The molecule has 2 rings (SSSR count). The van der Waals surface area contributed by atoms with Crippen LogP contribution in [0, 0.1) is 11.3 Å². The molecule has 0 N–H and O–H groups in total. The molecule has 1 heterocycles. The van der Waals surface area contributed by atoms with Crippen LogP contribution in [0.5, 0.6) is 5.75 Å². The molecule has 0 aliphatic heterocycles. The van der Waals surface area contributed by atoms with Crippen LogP contribution in [-0.4, -0.2) is 28.9 Å². The van der Waals surface area contributed by atoms with E-state index in [4.69, 9.17) is 5.26 Å². The molecule has 24 heavy (non-hydrogen) atoms. The Morgan fingerprint density at radius 2 is 2.08 bits per heavy atom. The number of rotatable bonds is 7. The first-order valence-corrected chi connectivity index (χ1v) is 7.20. The van der Waals surface area contributed by atoms with Crippen LogP contribution in [0.3, 0.4) is 0 Å². The third-order valence-corrected chi connectivity index (χ3v) is 3.21. The van der Waals surface area contributed by atoms with Gasteiger partial charge in [0, 0.05) is 25.5 Å². The van der Waals surface area contributed by atoms with Crippen molar-refractivity contribution in [3.05, 3.63) is 59.9 Å². The lowest BCUT2D eigenvalue weighted by molar-refractivity contribution is -0.0502. The molecular formula is C17H15F2N3O2. The van der Waals surface area contributed by atoms with Crippen LogP contribution < -0.4 is 4.74 Å². The largest absolute Gasteiger partial charge is 0.434 e. The molecule has 5 nitrogen and oxygen atoms in total. The quantitative estimate of drug-likeness (QED) is 0.781. The van der Waals surface area contributed by atoms with E-state index in [0.29, 0.717) is 0 Å². The van der Waals surface area contributed by atoms with Crippen molar-refractivity contribution in [2.45, 2.75) is 19.6 Å². The van der Waals surface area contributed by atoms with Gasteiger partial charge < -0.3 is 9.64 Å². The van der Waals surface area contributed by atoms with Crippen molar-refractivity contribution >= 4 is 5.91 Å². The van der Waals surface area contributed by atoms with Crippen molar-refractivity contribution in [3.63, 3.8) is 0 Å². The van der Waals surface area contributed by atoms with Crippen LogP contribution in [-0.2, 0) is 6.54 Å². The number of carbonyl (C=O) groups excluding carboxylic acids is 1. The Morgan fingerprint density at radius 3 is 2.75 bits per heavy atom. The Labute approximate surface area is 138 Å². The number of nitrogens with zero attached hydrogens (tertiary/aromatic N) is 3. The van der Waals surface area contributed by atoms with Gasteiger partial charge in [0.1, 0.15) is 5.75 Å². The molecule has 0 saturated heterocycles. The van der Waals surface area contributed by atoms with E-state index in [1.807, 2.05) is 6.07 Å². The number of carbonyl (C=O) groups is 1. The Bertz CT molecular complexity index is 717. The highest BCUT2D eigenvalue weighted by Crippen LogP contribution is 2.22. The third-order valence-electron chi connectivity index (χ3n) is 3.21. The van der Waals surface area contributed by atoms with Gasteiger partial charge in [0.15, 0.2) is 0 Å². The minimum absolute atomic E-state index is 0.0274. The van der Waals surface area contributed by atoms with Gasteiger partial charge in [-0.1, -0.05) is 18.2 Å². The van der Waals surface area contributed by atoms with Crippen LogP contribution >= 0.6 is 0 Å². The molecule has 1 aromatic heterocycles. The smallest absolute Gasteiger partial charge is 0.387 e. The molecule has 2 aromatic rings. The molecular weight excluding hydrogens is 316 g/mol.